The average molecular weight is 421 g/mol. The average Bonchev–Trinajstić information content (AvgIpc) is 2.85. The standard InChI is InChI=1S/C29H28N2O/c32-29(30-26-19-18-22-10-4-5-11-25(22)20-26)31-28-13-7-6-12-27(28)24-16-14-23(15-17-24)21-8-2-1-3-9-21/h1-5,8-11,14-20,27-28H,6-7,12-13H2,(H2,30,31,32). The third-order valence-electron chi connectivity index (χ3n) is 6.54. The topological polar surface area (TPSA) is 41.1 Å². The maximum atomic E-state index is 12.8. The maximum Gasteiger partial charge on any atom is 0.319 e. The van der Waals surface area contributed by atoms with Gasteiger partial charge in [0.05, 0.1) is 0 Å². The van der Waals surface area contributed by atoms with Crippen LogP contribution in [0.25, 0.3) is 21.9 Å². The molecule has 4 aromatic rings. The van der Waals surface area contributed by atoms with Crippen LogP contribution < -0.4 is 10.6 Å². The molecule has 0 bridgehead atoms. The van der Waals surface area contributed by atoms with Crippen LogP contribution in [0.1, 0.15) is 37.2 Å². The van der Waals surface area contributed by atoms with Gasteiger partial charge in [-0.05, 0) is 52.4 Å². The van der Waals surface area contributed by atoms with E-state index in [0.29, 0.717) is 5.92 Å². The lowest BCUT2D eigenvalue weighted by Gasteiger charge is -2.32. The Morgan fingerprint density at radius 3 is 2.19 bits per heavy atom. The van der Waals surface area contributed by atoms with Gasteiger partial charge in [0.15, 0.2) is 0 Å². The van der Waals surface area contributed by atoms with Gasteiger partial charge in [0.1, 0.15) is 0 Å². The Morgan fingerprint density at radius 1 is 0.688 bits per heavy atom. The number of rotatable bonds is 4. The first-order valence-corrected chi connectivity index (χ1v) is 11.5. The molecular weight excluding hydrogens is 392 g/mol. The molecule has 160 valence electrons. The zero-order valence-electron chi connectivity index (χ0n) is 18.1. The largest absolute Gasteiger partial charge is 0.335 e. The van der Waals surface area contributed by atoms with Gasteiger partial charge in [-0.25, -0.2) is 4.79 Å². The van der Waals surface area contributed by atoms with Crippen LogP contribution in [0.15, 0.2) is 97.1 Å². The summed E-state index contributed by atoms with van der Waals surface area (Å²) < 4.78 is 0. The molecule has 1 aliphatic carbocycles. The minimum atomic E-state index is -0.127. The van der Waals surface area contributed by atoms with E-state index in [1.54, 1.807) is 0 Å². The lowest BCUT2D eigenvalue weighted by atomic mass is 9.79. The summed E-state index contributed by atoms with van der Waals surface area (Å²) in [4.78, 5) is 12.8. The first-order chi connectivity index (χ1) is 15.8. The monoisotopic (exact) mass is 420 g/mol. The Labute approximate surface area is 189 Å². The highest BCUT2D eigenvalue weighted by atomic mass is 16.2. The normalized spacial score (nSPS) is 18.2. The number of amides is 2. The van der Waals surface area contributed by atoms with Gasteiger partial charge >= 0.3 is 6.03 Å². The second-order valence-corrected chi connectivity index (χ2v) is 8.65. The zero-order chi connectivity index (χ0) is 21.8. The molecule has 2 atom stereocenters. The molecule has 1 saturated carbocycles. The third kappa shape index (κ3) is 4.52. The second-order valence-electron chi connectivity index (χ2n) is 8.65. The summed E-state index contributed by atoms with van der Waals surface area (Å²) in [6.07, 6.45) is 4.47. The van der Waals surface area contributed by atoms with Crippen LogP contribution in [0, 0.1) is 0 Å². The number of fused-ring (bicyclic) bond motifs is 1. The number of nitrogens with one attached hydrogen (secondary N) is 2. The fraction of sp³-hybridized carbons (Fsp3) is 0.207. The third-order valence-corrected chi connectivity index (χ3v) is 6.54. The molecule has 2 unspecified atom stereocenters. The molecular formula is C29H28N2O. The van der Waals surface area contributed by atoms with Crippen molar-refractivity contribution in [2.24, 2.45) is 0 Å². The van der Waals surface area contributed by atoms with E-state index in [4.69, 9.17) is 0 Å². The summed E-state index contributed by atoms with van der Waals surface area (Å²) in [6.45, 7) is 0. The molecule has 2 amide bonds. The predicted octanol–water partition coefficient (Wildman–Crippen LogP) is 7.35. The fourth-order valence-electron chi connectivity index (χ4n) is 4.86. The van der Waals surface area contributed by atoms with Crippen molar-refractivity contribution in [3.05, 3.63) is 103 Å². The van der Waals surface area contributed by atoms with Gasteiger partial charge in [-0.15, -0.1) is 0 Å². The lowest BCUT2D eigenvalue weighted by Crippen LogP contribution is -2.43. The minimum Gasteiger partial charge on any atom is -0.335 e. The Morgan fingerprint density at radius 2 is 1.38 bits per heavy atom. The quantitative estimate of drug-likeness (QED) is 0.356. The summed E-state index contributed by atoms with van der Waals surface area (Å²) in [7, 11) is 0. The Kier molecular flexibility index (Phi) is 5.89. The highest BCUT2D eigenvalue weighted by molar-refractivity contribution is 5.93. The van der Waals surface area contributed by atoms with E-state index in [0.717, 1.165) is 30.3 Å². The molecule has 0 heterocycles. The van der Waals surface area contributed by atoms with Crippen molar-refractivity contribution in [2.45, 2.75) is 37.6 Å². The van der Waals surface area contributed by atoms with Crippen molar-refractivity contribution in [3.63, 3.8) is 0 Å². The number of hydrogen-bond donors (Lipinski definition) is 2. The predicted molar refractivity (Wildman–Crippen MR) is 133 cm³/mol. The van der Waals surface area contributed by atoms with E-state index in [2.05, 4.69) is 71.3 Å². The van der Waals surface area contributed by atoms with Crippen LogP contribution in [0.3, 0.4) is 0 Å². The molecule has 2 N–H and O–H groups in total. The van der Waals surface area contributed by atoms with Crippen molar-refractivity contribution in [2.75, 3.05) is 5.32 Å². The van der Waals surface area contributed by atoms with E-state index < -0.39 is 0 Å². The molecule has 32 heavy (non-hydrogen) atoms. The number of benzene rings is 4. The minimum absolute atomic E-state index is 0.127. The van der Waals surface area contributed by atoms with Crippen molar-refractivity contribution in [1.82, 2.24) is 5.32 Å². The summed E-state index contributed by atoms with van der Waals surface area (Å²) in [5, 5.41) is 8.59. The van der Waals surface area contributed by atoms with E-state index in [9.17, 15) is 4.79 Å². The molecule has 5 rings (SSSR count). The number of urea groups is 1. The molecule has 3 nitrogen and oxygen atoms in total. The summed E-state index contributed by atoms with van der Waals surface area (Å²) >= 11 is 0. The number of carbonyl (C=O) groups excluding carboxylic acids is 1. The zero-order valence-corrected chi connectivity index (χ0v) is 18.1. The Bertz CT molecular complexity index is 1200. The summed E-state index contributed by atoms with van der Waals surface area (Å²) in [5.41, 5.74) is 4.58. The van der Waals surface area contributed by atoms with E-state index >= 15 is 0 Å². The first-order valence-electron chi connectivity index (χ1n) is 11.5. The van der Waals surface area contributed by atoms with Crippen LogP contribution in [0.2, 0.25) is 0 Å². The van der Waals surface area contributed by atoms with Gasteiger partial charge in [-0.3, -0.25) is 0 Å². The van der Waals surface area contributed by atoms with E-state index in [-0.39, 0.29) is 12.1 Å². The molecule has 1 aliphatic rings. The van der Waals surface area contributed by atoms with Crippen LogP contribution in [0.5, 0.6) is 0 Å². The van der Waals surface area contributed by atoms with Gasteiger partial charge in [-0.2, -0.15) is 0 Å². The van der Waals surface area contributed by atoms with E-state index in [1.165, 1.54) is 28.5 Å². The van der Waals surface area contributed by atoms with Crippen LogP contribution in [0.4, 0.5) is 10.5 Å². The highest BCUT2D eigenvalue weighted by Crippen LogP contribution is 2.34. The molecule has 3 heteroatoms. The van der Waals surface area contributed by atoms with Crippen molar-refractivity contribution in [3.8, 4) is 11.1 Å². The molecule has 1 fully saturated rings. The van der Waals surface area contributed by atoms with Crippen molar-refractivity contribution < 1.29 is 4.79 Å². The van der Waals surface area contributed by atoms with Gasteiger partial charge in [0.2, 0.25) is 0 Å². The Hall–Kier alpha value is -3.59. The van der Waals surface area contributed by atoms with Crippen molar-refractivity contribution >= 4 is 22.5 Å². The molecule has 0 saturated heterocycles. The van der Waals surface area contributed by atoms with Crippen LogP contribution in [-0.4, -0.2) is 12.1 Å². The maximum absolute atomic E-state index is 12.8. The molecule has 0 aliphatic heterocycles. The molecule has 0 spiro atoms. The van der Waals surface area contributed by atoms with Gasteiger partial charge in [-0.1, -0.05) is 97.8 Å². The SMILES string of the molecule is O=C(Nc1ccc2ccccc2c1)NC1CCCCC1c1ccc(-c2ccccc2)cc1. The molecule has 4 aromatic carbocycles. The number of hydrogen-bond acceptors (Lipinski definition) is 1. The van der Waals surface area contributed by atoms with E-state index in [1.807, 2.05) is 36.4 Å². The van der Waals surface area contributed by atoms with Gasteiger partial charge in [0.25, 0.3) is 0 Å². The Balaban J connectivity index is 1.28. The van der Waals surface area contributed by atoms with Crippen LogP contribution in [-0.2, 0) is 0 Å². The van der Waals surface area contributed by atoms with Crippen LogP contribution >= 0.6 is 0 Å². The van der Waals surface area contributed by atoms with Crippen molar-refractivity contribution in [1.29, 1.82) is 0 Å². The summed E-state index contributed by atoms with van der Waals surface area (Å²) in [5.74, 6) is 0.343. The lowest BCUT2D eigenvalue weighted by molar-refractivity contribution is 0.240. The van der Waals surface area contributed by atoms with Gasteiger partial charge in [0, 0.05) is 17.6 Å². The van der Waals surface area contributed by atoms with Gasteiger partial charge < -0.3 is 10.6 Å². The number of anilines is 1. The summed E-state index contributed by atoms with van der Waals surface area (Å²) in [6, 6.07) is 33.5. The fourth-order valence-corrected chi connectivity index (χ4v) is 4.86. The number of carbonyl (C=O) groups is 1. The highest BCUT2D eigenvalue weighted by Gasteiger charge is 2.27. The first kappa shape index (κ1) is 20.3. The smallest absolute Gasteiger partial charge is 0.319 e. The second kappa shape index (κ2) is 9.27. The molecule has 0 aromatic heterocycles. The molecule has 0 radical (unpaired) electrons.